The molecule has 2 aromatic rings. The number of anilines is 1. The van der Waals surface area contributed by atoms with Crippen molar-refractivity contribution in [3.8, 4) is 0 Å². The number of hydrogen-bond acceptors (Lipinski definition) is 3. The molecule has 150 valence electrons. The monoisotopic (exact) mass is 397 g/mol. The average molecular weight is 398 g/mol. The van der Waals surface area contributed by atoms with Crippen LogP contribution in [0, 0.1) is 23.2 Å². The van der Waals surface area contributed by atoms with E-state index in [-0.39, 0.29) is 0 Å². The molecule has 1 heterocycles. The summed E-state index contributed by atoms with van der Waals surface area (Å²) in [6, 6.07) is 8.53. The number of pyridine rings is 1. The van der Waals surface area contributed by atoms with Gasteiger partial charge in [-0.05, 0) is 99.3 Å². The van der Waals surface area contributed by atoms with Crippen molar-refractivity contribution in [1.82, 2.24) is 10.3 Å². The summed E-state index contributed by atoms with van der Waals surface area (Å²) in [6.07, 6.45) is 12.0. The summed E-state index contributed by atoms with van der Waals surface area (Å²) in [5.74, 6) is 3.12. The van der Waals surface area contributed by atoms with Crippen LogP contribution in [0.4, 0.5) is 5.69 Å². The van der Waals surface area contributed by atoms with Gasteiger partial charge in [0.25, 0.3) is 0 Å². The molecule has 4 saturated carbocycles. The molecule has 0 spiro atoms. The summed E-state index contributed by atoms with van der Waals surface area (Å²) >= 11 is 6.10. The van der Waals surface area contributed by atoms with Gasteiger partial charge in [0.2, 0.25) is 0 Å². The molecule has 1 aromatic carbocycles. The molecule has 3 nitrogen and oxygen atoms in total. The van der Waals surface area contributed by atoms with Crippen LogP contribution in [0.2, 0.25) is 5.02 Å². The highest BCUT2D eigenvalue weighted by molar-refractivity contribution is 6.31. The van der Waals surface area contributed by atoms with Crippen LogP contribution in [0.25, 0.3) is 10.9 Å². The van der Waals surface area contributed by atoms with Gasteiger partial charge in [-0.25, -0.2) is 0 Å². The molecule has 6 rings (SSSR count). The highest BCUT2D eigenvalue weighted by Gasteiger charge is 2.50. The van der Waals surface area contributed by atoms with Gasteiger partial charge in [0.05, 0.1) is 5.52 Å². The normalized spacial score (nSPS) is 32.0. The third-order valence-corrected chi connectivity index (χ3v) is 7.82. The molecule has 4 aliphatic carbocycles. The zero-order chi connectivity index (χ0) is 19.1. The Kier molecular flexibility index (Phi) is 5.00. The lowest BCUT2D eigenvalue weighted by Gasteiger charge is -2.57. The average Bonchev–Trinajstić information content (AvgIpc) is 2.65. The van der Waals surface area contributed by atoms with Gasteiger partial charge in [-0.3, -0.25) is 4.98 Å². The van der Waals surface area contributed by atoms with Crippen molar-refractivity contribution in [3.63, 3.8) is 0 Å². The Morgan fingerprint density at radius 2 is 1.82 bits per heavy atom. The van der Waals surface area contributed by atoms with Crippen molar-refractivity contribution in [3.05, 3.63) is 35.5 Å². The fourth-order valence-corrected chi connectivity index (χ4v) is 6.86. The Balaban J connectivity index is 1.13. The molecule has 0 radical (unpaired) electrons. The molecule has 0 aliphatic heterocycles. The van der Waals surface area contributed by atoms with Gasteiger partial charge in [-0.15, -0.1) is 0 Å². The lowest BCUT2D eigenvalue weighted by molar-refractivity contribution is -0.0523. The van der Waals surface area contributed by atoms with Crippen LogP contribution >= 0.6 is 11.6 Å². The number of aromatic nitrogens is 1. The lowest BCUT2D eigenvalue weighted by atomic mass is 9.49. The number of benzene rings is 1. The number of fused-ring (bicyclic) bond motifs is 1. The van der Waals surface area contributed by atoms with Gasteiger partial charge in [-0.1, -0.05) is 11.6 Å². The maximum Gasteiger partial charge on any atom is 0.0737 e. The van der Waals surface area contributed by atoms with E-state index in [0.717, 1.165) is 52.3 Å². The lowest BCUT2D eigenvalue weighted by Crippen LogP contribution is -2.51. The SMILES string of the molecule is CC(CCNc1ccnc2cc(Cl)ccc12)NCC12CC3CC(CC(C3)C1)C2. The van der Waals surface area contributed by atoms with E-state index in [1.807, 2.05) is 18.3 Å². The number of nitrogens with one attached hydrogen (secondary N) is 2. The van der Waals surface area contributed by atoms with E-state index in [1.54, 1.807) is 0 Å². The highest BCUT2D eigenvalue weighted by atomic mass is 35.5. The van der Waals surface area contributed by atoms with Gasteiger partial charge in [0, 0.05) is 41.4 Å². The second kappa shape index (κ2) is 7.50. The van der Waals surface area contributed by atoms with Crippen LogP contribution in [-0.4, -0.2) is 24.1 Å². The molecular weight excluding hydrogens is 366 g/mol. The van der Waals surface area contributed by atoms with E-state index in [1.165, 1.54) is 45.1 Å². The van der Waals surface area contributed by atoms with E-state index in [0.29, 0.717) is 11.5 Å². The van der Waals surface area contributed by atoms with Gasteiger partial charge in [-0.2, -0.15) is 0 Å². The molecule has 4 bridgehead atoms. The maximum absolute atomic E-state index is 6.10. The minimum atomic E-state index is 0.544. The number of hydrogen-bond donors (Lipinski definition) is 2. The van der Waals surface area contributed by atoms with E-state index in [4.69, 9.17) is 11.6 Å². The van der Waals surface area contributed by atoms with E-state index >= 15 is 0 Å². The Morgan fingerprint density at radius 3 is 2.54 bits per heavy atom. The van der Waals surface area contributed by atoms with E-state index in [2.05, 4.69) is 34.7 Å². The molecule has 0 saturated heterocycles. The van der Waals surface area contributed by atoms with Crippen molar-refractivity contribution < 1.29 is 0 Å². The first-order valence-corrected chi connectivity index (χ1v) is 11.5. The fourth-order valence-electron chi connectivity index (χ4n) is 6.70. The van der Waals surface area contributed by atoms with Gasteiger partial charge >= 0.3 is 0 Å². The summed E-state index contributed by atoms with van der Waals surface area (Å²) in [7, 11) is 0. The predicted molar refractivity (Wildman–Crippen MR) is 118 cm³/mol. The van der Waals surface area contributed by atoms with Crippen molar-refractivity contribution in [2.24, 2.45) is 23.2 Å². The second-order valence-electron chi connectivity index (χ2n) is 9.93. The van der Waals surface area contributed by atoms with Crippen LogP contribution in [0.15, 0.2) is 30.5 Å². The van der Waals surface area contributed by atoms with Crippen molar-refractivity contribution in [2.75, 3.05) is 18.4 Å². The standard InChI is InChI=1S/C24H32ClN3/c1-16(28-15-24-12-17-8-18(13-24)10-19(9-17)14-24)4-6-26-22-5-7-27-23-11-20(25)2-3-21(22)23/h2-3,5,7,11,16-19,28H,4,6,8-10,12-15H2,1H3,(H,26,27). The summed E-state index contributed by atoms with van der Waals surface area (Å²) < 4.78 is 0. The van der Waals surface area contributed by atoms with Crippen molar-refractivity contribution in [1.29, 1.82) is 0 Å². The zero-order valence-corrected chi connectivity index (χ0v) is 17.6. The largest absolute Gasteiger partial charge is 0.384 e. The molecule has 28 heavy (non-hydrogen) atoms. The Labute approximate surface area is 173 Å². The van der Waals surface area contributed by atoms with Gasteiger partial charge < -0.3 is 10.6 Å². The highest BCUT2D eigenvalue weighted by Crippen LogP contribution is 2.59. The first-order valence-electron chi connectivity index (χ1n) is 11.1. The van der Waals surface area contributed by atoms with E-state index < -0.39 is 0 Å². The Morgan fingerprint density at radius 1 is 1.11 bits per heavy atom. The minimum Gasteiger partial charge on any atom is -0.384 e. The topological polar surface area (TPSA) is 37.0 Å². The Bertz CT molecular complexity index is 814. The molecule has 4 fully saturated rings. The van der Waals surface area contributed by atoms with Gasteiger partial charge in [0.1, 0.15) is 0 Å². The van der Waals surface area contributed by atoms with E-state index in [9.17, 15) is 0 Å². The Hall–Kier alpha value is -1.32. The number of nitrogens with zero attached hydrogens (tertiary/aromatic N) is 1. The first kappa shape index (κ1) is 18.7. The summed E-state index contributed by atoms with van der Waals surface area (Å²) in [6.45, 7) is 4.54. The smallest absolute Gasteiger partial charge is 0.0737 e. The molecule has 1 atom stereocenters. The van der Waals surface area contributed by atoms with Crippen LogP contribution in [0.5, 0.6) is 0 Å². The van der Waals surface area contributed by atoms with Crippen LogP contribution in [0.1, 0.15) is 51.9 Å². The van der Waals surface area contributed by atoms with Crippen LogP contribution < -0.4 is 10.6 Å². The molecular formula is C24H32ClN3. The number of rotatable bonds is 7. The third-order valence-electron chi connectivity index (χ3n) is 7.59. The van der Waals surface area contributed by atoms with Gasteiger partial charge in [0.15, 0.2) is 0 Å². The quantitative estimate of drug-likeness (QED) is 0.612. The molecule has 1 aromatic heterocycles. The fraction of sp³-hybridized carbons (Fsp3) is 0.625. The minimum absolute atomic E-state index is 0.544. The molecule has 0 amide bonds. The summed E-state index contributed by atoms with van der Waals surface area (Å²) in [5.41, 5.74) is 2.72. The zero-order valence-electron chi connectivity index (χ0n) is 16.9. The molecule has 2 N–H and O–H groups in total. The molecule has 4 aliphatic rings. The summed E-state index contributed by atoms with van der Waals surface area (Å²) in [4.78, 5) is 4.43. The van der Waals surface area contributed by atoms with Crippen molar-refractivity contribution >= 4 is 28.2 Å². The first-order chi connectivity index (χ1) is 13.6. The molecule has 1 unspecified atom stereocenters. The molecule has 4 heteroatoms. The number of halogens is 1. The van der Waals surface area contributed by atoms with Crippen LogP contribution in [0.3, 0.4) is 0 Å². The second-order valence-corrected chi connectivity index (χ2v) is 10.4. The predicted octanol–water partition coefficient (Wildman–Crippen LogP) is 5.88. The summed E-state index contributed by atoms with van der Waals surface area (Å²) in [5, 5.41) is 9.39. The van der Waals surface area contributed by atoms with Crippen molar-refractivity contribution in [2.45, 2.75) is 57.9 Å². The third kappa shape index (κ3) is 3.76. The maximum atomic E-state index is 6.10. The van der Waals surface area contributed by atoms with Crippen LogP contribution in [-0.2, 0) is 0 Å².